The van der Waals surface area contributed by atoms with Crippen LogP contribution in [0.25, 0.3) is 0 Å². The second-order valence-corrected chi connectivity index (χ2v) is 11.1. The molecule has 8 heteroatoms. The number of amides is 2. The highest BCUT2D eigenvalue weighted by Crippen LogP contribution is 2.28. The maximum absolute atomic E-state index is 14.3. The van der Waals surface area contributed by atoms with Gasteiger partial charge in [-0.25, -0.2) is 0 Å². The van der Waals surface area contributed by atoms with E-state index < -0.39 is 0 Å². The van der Waals surface area contributed by atoms with E-state index in [4.69, 9.17) is 9.47 Å². The molecule has 1 aromatic heterocycles. The molecule has 1 fully saturated rings. The van der Waals surface area contributed by atoms with Crippen LogP contribution in [-0.4, -0.2) is 85.3 Å². The number of carbonyl (C=O) groups excluding carboxylic acids is 2. The summed E-state index contributed by atoms with van der Waals surface area (Å²) in [6.07, 6.45) is 10.1. The summed E-state index contributed by atoms with van der Waals surface area (Å²) in [5, 5.41) is 3.33. The van der Waals surface area contributed by atoms with Gasteiger partial charge in [0, 0.05) is 70.3 Å². The van der Waals surface area contributed by atoms with E-state index in [-0.39, 0.29) is 17.9 Å². The lowest BCUT2D eigenvalue weighted by molar-refractivity contribution is -0.131. The molecule has 3 aliphatic rings. The van der Waals surface area contributed by atoms with Gasteiger partial charge in [-0.2, -0.15) is 0 Å². The van der Waals surface area contributed by atoms with E-state index in [0.29, 0.717) is 51.7 Å². The van der Waals surface area contributed by atoms with E-state index in [1.54, 1.807) is 7.11 Å². The standard InChI is InChI=1S/C29H46N4O4/c1-22(2)21-33(25-17-24(19-30-20-25)28(34)31-12-15-37-16-13-31)29(35)27-18-23-9-5-6-10-26(23)32(27)11-7-4-8-14-36-3/h18-19,22,25,30H,4-17,20-21H2,1-3H3. The minimum atomic E-state index is -0.0537. The monoisotopic (exact) mass is 514 g/mol. The first-order valence-corrected chi connectivity index (χ1v) is 14.3. The SMILES string of the molecule is COCCCCCn1c(C(=O)N(CC(C)C)C2CNC=C(C(=O)N3CCOCC3)C2)cc2c1CCCC2. The predicted octanol–water partition coefficient (Wildman–Crippen LogP) is 3.39. The molecule has 8 nitrogen and oxygen atoms in total. The van der Waals surface area contributed by atoms with Crippen molar-refractivity contribution in [3.8, 4) is 0 Å². The molecule has 1 atom stereocenters. The molecule has 1 N–H and O–H groups in total. The van der Waals surface area contributed by atoms with Crippen molar-refractivity contribution >= 4 is 11.8 Å². The molecular weight excluding hydrogens is 468 g/mol. The van der Waals surface area contributed by atoms with Crippen molar-refractivity contribution in [2.24, 2.45) is 5.92 Å². The Morgan fingerprint density at radius 1 is 1.16 bits per heavy atom. The van der Waals surface area contributed by atoms with Gasteiger partial charge in [0.15, 0.2) is 0 Å². The van der Waals surface area contributed by atoms with Crippen LogP contribution in [0.2, 0.25) is 0 Å². The third-order valence-corrected chi connectivity index (χ3v) is 7.78. The number of hydrogen-bond donors (Lipinski definition) is 1. The van der Waals surface area contributed by atoms with Crippen molar-refractivity contribution < 1.29 is 19.1 Å². The number of rotatable bonds is 11. The molecule has 1 aromatic rings. The zero-order valence-corrected chi connectivity index (χ0v) is 23.1. The number of aryl methyl sites for hydroxylation is 1. The van der Waals surface area contributed by atoms with E-state index in [0.717, 1.165) is 56.5 Å². The Balaban J connectivity index is 1.53. The molecule has 206 valence electrons. The fraction of sp³-hybridized carbons (Fsp3) is 0.724. The summed E-state index contributed by atoms with van der Waals surface area (Å²) >= 11 is 0. The first kappa shape index (κ1) is 27.7. The molecule has 37 heavy (non-hydrogen) atoms. The molecule has 0 radical (unpaired) electrons. The van der Waals surface area contributed by atoms with E-state index >= 15 is 0 Å². The third-order valence-electron chi connectivity index (χ3n) is 7.78. The number of methoxy groups -OCH3 is 1. The Hall–Kier alpha value is -2.32. The van der Waals surface area contributed by atoms with Gasteiger partial charge >= 0.3 is 0 Å². The first-order chi connectivity index (χ1) is 18.0. The summed E-state index contributed by atoms with van der Waals surface area (Å²) in [7, 11) is 1.75. The topological polar surface area (TPSA) is 76.0 Å². The zero-order chi connectivity index (χ0) is 26.2. The Morgan fingerprint density at radius 2 is 1.95 bits per heavy atom. The molecule has 2 aliphatic heterocycles. The van der Waals surface area contributed by atoms with Crippen LogP contribution in [0.1, 0.15) is 74.1 Å². The summed E-state index contributed by atoms with van der Waals surface area (Å²) in [4.78, 5) is 31.4. The fourth-order valence-corrected chi connectivity index (χ4v) is 5.87. The van der Waals surface area contributed by atoms with Gasteiger partial charge in [-0.15, -0.1) is 0 Å². The van der Waals surface area contributed by atoms with Gasteiger partial charge in [-0.1, -0.05) is 13.8 Å². The number of nitrogens with one attached hydrogen (secondary N) is 1. The first-order valence-electron chi connectivity index (χ1n) is 14.3. The average molecular weight is 515 g/mol. The highest BCUT2D eigenvalue weighted by atomic mass is 16.5. The summed E-state index contributed by atoms with van der Waals surface area (Å²) in [5.74, 6) is 0.500. The molecule has 2 amide bonds. The molecule has 1 unspecified atom stereocenters. The summed E-state index contributed by atoms with van der Waals surface area (Å²) in [5.41, 5.74) is 4.29. The van der Waals surface area contributed by atoms with Crippen LogP contribution < -0.4 is 5.32 Å². The highest BCUT2D eigenvalue weighted by molar-refractivity contribution is 5.95. The second kappa shape index (κ2) is 13.5. The van der Waals surface area contributed by atoms with E-state index in [2.05, 4.69) is 29.8 Å². The molecule has 0 spiro atoms. The molecule has 1 aliphatic carbocycles. The molecule has 0 bridgehead atoms. The quantitative estimate of drug-likeness (QED) is 0.458. The van der Waals surface area contributed by atoms with Crippen molar-refractivity contribution in [1.29, 1.82) is 0 Å². The Bertz CT molecular complexity index is 948. The van der Waals surface area contributed by atoms with Gasteiger partial charge in [-0.05, 0) is 62.5 Å². The number of morpholine rings is 1. The molecule has 4 rings (SSSR count). The lowest BCUT2D eigenvalue weighted by atomic mass is 9.98. The van der Waals surface area contributed by atoms with Crippen LogP contribution in [0, 0.1) is 5.92 Å². The van der Waals surface area contributed by atoms with Crippen LogP contribution in [-0.2, 0) is 33.7 Å². The second-order valence-electron chi connectivity index (χ2n) is 11.1. The summed E-state index contributed by atoms with van der Waals surface area (Å²) in [6.45, 7) is 9.73. The zero-order valence-electron chi connectivity index (χ0n) is 23.1. The van der Waals surface area contributed by atoms with Gasteiger partial charge in [0.2, 0.25) is 0 Å². The van der Waals surface area contributed by atoms with Crippen LogP contribution in [0.15, 0.2) is 17.8 Å². The van der Waals surface area contributed by atoms with Gasteiger partial charge < -0.3 is 29.2 Å². The van der Waals surface area contributed by atoms with E-state index in [1.807, 2.05) is 16.0 Å². The van der Waals surface area contributed by atoms with Crippen LogP contribution >= 0.6 is 0 Å². The largest absolute Gasteiger partial charge is 0.388 e. The van der Waals surface area contributed by atoms with Gasteiger partial charge in [0.05, 0.1) is 19.3 Å². The van der Waals surface area contributed by atoms with Crippen molar-refractivity contribution in [3.05, 3.63) is 34.8 Å². The van der Waals surface area contributed by atoms with Crippen molar-refractivity contribution in [3.63, 3.8) is 0 Å². The third kappa shape index (κ3) is 6.96. The van der Waals surface area contributed by atoms with Crippen molar-refractivity contribution in [2.45, 2.75) is 77.8 Å². The average Bonchev–Trinajstić information content (AvgIpc) is 3.30. The lowest BCUT2D eigenvalue weighted by Crippen LogP contribution is -2.51. The van der Waals surface area contributed by atoms with Gasteiger partial charge in [0.25, 0.3) is 11.8 Å². The fourth-order valence-electron chi connectivity index (χ4n) is 5.87. The number of unbranched alkanes of at least 4 members (excludes halogenated alkanes) is 2. The van der Waals surface area contributed by atoms with Crippen LogP contribution in [0.4, 0.5) is 0 Å². The normalized spacial score (nSPS) is 19.8. The van der Waals surface area contributed by atoms with E-state index in [9.17, 15) is 9.59 Å². The molecular formula is C29H46N4O4. The Labute approximate surface area is 222 Å². The number of aromatic nitrogens is 1. The highest BCUT2D eigenvalue weighted by Gasteiger charge is 2.33. The summed E-state index contributed by atoms with van der Waals surface area (Å²) < 4.78 is 13.0. The smallest absolute Gasteiger partial charge is 0.270 e. The Kier molecular flexibility index (Phi) is 10.1. The molecule has 0 aromatic carbocycles. The maximum Gasteiger partial charge on any atom is 0.270 e. The predicted molar refractivity (Wildman–Crippen MR) is 145 cm³/mol. The number of carbonyl (C=O) groups is 2. The van der Waals surface area contributed by atoms with Gasteiger partial charge in [-0.3, -0.25) is 9.59 Å². The number of hydrogen-bond acceptors (Lipinski definition) is 5. The van der Waals surface area contributed by atoms with Gasteiger partial charge in [0.1, 0.15) is 5.69 Å². The van der Waals surface area contributed by atoms with Crippen LogP contribution in [0.5, 0.6) is 0 Å². The molecule has 1 saturated heterocycles. The Morgan fingerprint density at radius 3 is 2.70 bits per heavy atom. The minimum absolute atomic E-state index is 0.0537. The van der Waals surface area contributed by atoms with Crippen LogP contribution in [0.3, 0.4) is 0 Å². The van der Waals surface area contributed by atoms with Crippen molar-refractivity contribution in [2.75, 3.05) is 53.1 Å². The number of ether oxygens (including phenoxy) is 2. The number of nitrogens with zero attached hydrogens (tertiary/aromatic N) is 3. The maximum atomic E-state index is 14.3. The lowest BCUT2D eigenvalue weighted by Gasteiger charge is -2.37. The molecule has 3 heterocycles. The minimum Gasteiger partial charge on any atom is -0.388 e. The number of fused-ring (bicyclic) bond motifs is 1. The van der Waals surface area contributed by atoms with Crippen molar-refractivity contribution in [1.82, 2.24) is 19.7 Å². The molecule has 0 saturated carbocycles. The van der Waals surface area contributed by atoms with E-state index in [1.165, 1.54) is 24.1 Å². The summed E-state index contributed by atoms with van der Waals surface area (Å²) in [6, 6.07) is 2.12.